The third-order valence-corrected chi connectivity index (χ3v) is 3.49. The number of nitrogens with zero attached hydrogens (tertiary/aromatic N) is 2. The van der Waals surface area contributed by atoms with E-state index in [0.29, 0.717) is 0 Å². The van der Waals surface area contributed by atoms with Crippen molar-refractivity contribution in [1.29, 1.82) is 0 Å². The predicted molar refractivity (Wildman–Crippen MR) is 84.5 cm³/mol. The van der Waals surface area contributed by atoms with Crippen molar-refractivity contribution in [3.63, 3.8) is 0 Å². The minimum atomic E-state index is 0.187. The summed E-state index contributed by atoms with van der Waals surface area (Å²) in [6.07, 6.45) is 2.03. The Kier molecular flexibility index (Phi) is 3.49. The van der Waals surface area contributed by atoms with Gasteiger partial charge < -0.3 is 4.74 Å². The SMILES string of the molecule is CC(C)Oc1ccc(-n2cnc3cc(Br)ccc32)cc1. The lowest BCUT2D eigenvalue weighted by Crippen LogP contribution is -2.05. The number of halogens is 1. The molecule has 0 aliphatic heterocycles. The van der Waals surface area contributed by atoms with Crippen molar-refractivity contribution >= 4 is 27.0 Å². The number of imidazole rings is 1. The Labute approximate surface area is 126 Å². The second-order valence-electron chi connectivity index (χ2n) is 4.91. The van der Waals surface area contributed by atoms with E-state index in [1.54, 1.807) is 0 Å². The summed E-state index contributed by atoms with van der Waals surface area (Å²) in [5, 5.41) is 0. The average Bonchev–Trinajstić information content (AvgIpc) is 2.82. The van der Waals surface area contributed by atoms with Gasteiger partial charge in [0.25, 0.3) is 0 Å². The lowest BCUT2D eigenvalue weighted by Gasteiger charge is -2.10. The summed E-state index contributed by atoms with van der Waals surface area (Å²) in [6, 6.07) is 14.2. The van der Waals surface area contributed by atoms with E-state index in [0.717, 1.165) is 26.9 Å². The molecule has 0 amide bonds. The summed E-state index contributed by atoms with van der Waals surface area (Å²) < 4.78 is 8.77. The number of hydrogen-bond donors (Lipinski definition) is 0. The van der Waals surface area contributed by atoms with E-state index in [9.17, 15) is 0 Å². The molecule has 3 nitrogen and oxygen atoms in total. The highest BCUT2D eigenvalue weighted by Gasteiger charge is 2.05. The lowest BCUT2D eigenvalue weighted by molar-refractivity contribution is 0.242. The molecule has 0 spiro atoms. The molecular formula is C16H15BrN2O. The van der Waals surface area contributed by atoms with Crippen LogP contribution in [0.4, 0.5) is 0 Å². The average molecular weight is 331 g/mol. The van der Waals surface area contributed by atoms with Crippen LogP contribution < -0.4 is 4.74 Å². The summed E-state index contributed by atoms with van der Waals surface area (Å²) in [6.45, 7) is 4.05. The summed E-state index contributed by atoms with van der Waals surface area (Å²) >= 11 is 3.46. The molecule has 0 unspecified atom stereocenters. The predicted octanol–water partition coefficient (Wildman–Crippen LogP) is 4.58. The van der Waals surface area contributed by atoms with Crippen LogP contribution in [0.25, 0.3) is 16.7 Å². The lowest BCUT2D eigenvalue weighted by atomic mass is 10.2. The first-order valence-corrected chi connectivity index (χ1v) is 7.32. The van der Waals surface area contributed by atoms with Crippen molar-refractivity contribution in [2.24, 2.45) is 0 Å². The Morgan fingerprint density at radius 3 is 2.55 bits per heavy atom. The van der Waals surface area contributed by atoms with Crippen molar-refractivity contribution in [3.8, 4) is 11.4 Å². The van der Waals surface area contributed by atoms with E-state index in [-0.39, 0.29) is 6.10 Å². The van der Waals surface area contributed by atoms with Gasteiger partial charge in [-0.05, 0) is 56.3 Å². The molecule has 0 fully saturated rings. The monoisotopic (exact) mass is 330 g/mol. The highest BCUT2D eigenvalue weighted by Crippen LogP contribution is 2.23. The van der Waals surface area contributed by atoms with Crippen molar-refractivity contribution in [1.82, 2.24) is 9.55 Å². The number of aromatic nitrogens is 2. The van der Waals surface area contributed by atoms with Gasteiger partial charge in [-0.15, -0.1) is 0 Å². The van der Waals surface area contributed by atoms with Gasteiger partial charge in [-0.3, -0.25) is 4.57 Å². The van der Waals surface area contributed by atoms with Crippen LogP contribution in [0.15, 0.2) is 53.3 Å². The van der Waals surface area contributed by atoms with E-state index < -0.39 is 0 Å². The van der Waals surface area contributed by atoms with E-state index in [1.165, 1.54) is 0 Å². The van der Waals surface area contributed by atoms with E-state index in [2.05, 4.69) is 31.5 Å². The molecule has 1 heterocycles. The molecule has 4 heteroatoms. The fourth-order valence-corrected chi connectivity index (χ4v) is 2.50. The van der Waals surface area contributed by atoms with Crippen LogP contribution in [0, 0.1) is 0 Å². The summed E-state index contributed by atoms with van der Waals surface area (Å²) in [5.41, 5.74) is 3.14. The zero-order valence-corrected chi connectivity index (χ0v) is 13.0. The Bertz CT molecular complexity index is 732. The molecule has 0 atom stereocenters. The van der Waals surface area contributed by atoms with Gasteiger partial charge in [0.05, 0.1) is 17.1 Å². The molecule has 0 aliphatic carbocycles. The van der Waals surface area contributed by atoms with Crippen LogP contribution in [0.3, 0.4) is 0 Å². The molecule has 0 N–H and O–H groups in total. The maximum Gasteiger partial charge on any atom is 0.119 e. The number of fused-ring (bicyclic) bond motifs is 1. The quantitative estimate of drug-likeness (QED) is 0.703. The first-order valence-electron chi connectivity index (χ1n) is 6.53. The van der Waals surface area contributed by atoms with Gasteiger partial charge in [0.15, 0.2) is 0 Å². The van der Waals surface area contributed by atoms with Gasteiger partial charge in [-0.25, -0.2) is 4.98 Å². The largest absolute Gasteiger partial charge is 0.491 e. The van der Waals surface area contributed by atoms with Crippen molar-refractivity contribution in [3.05, 3.63) is 53.3 Å². The first kappa shape index (κ1) is 13.2. The number of benzene rings is 2. The van der Waals surface area contributed by atoms with Crippen molar-refractivity contribution in [2.45, 2.75) is 20.0 Å². The zero-order chi connectivity index (χ0) is 14.1. The molecule has 0 saturated heterocycles. The number of ether oxygens (including phenoxy) is 1. The highest BCUT2D eigenvalue weighted by molar-refractivity contribution is 9.10. The summed E-state index contributed by atoms with van der Waals surface area (Å²) in [7, 11) is 0. The van der Waals surface area contributed by atoms with Crippen molar-refractivity contribution in [2.75, 3.05) is 0 Å². The number of hydrogen-bond acceptors (Lipinski definition) is 2. The van der Waals surface area contributed by atoms with Gasteiger partial charge in [-0.2, -0.15) is 0 Å². The molecule has 1 aromatic heterocycles. The van der Waals surface area contributed by atoms with Crippen LogP contribution in [0.2, 0.25) is 0 Å². The Balaban J connectivity index is 1.98. The van der Waals surface area contributed by atoms with Gasteiger partial charge in [0, 0.05) is 10.2 Å². The second kappa shape index (κ2) is 5.29. The molecule has 3 aromatic rings. The Morgan fingerprint density at radius 2 is 1.85 bits per heavy atom. The molecule has 2 aromatic carbocycles. The van der Waals surface area contributed by atoms with Crippen molar-refractivity contribution < 1.29 is 4.74 Å². The van der Waals surface area contributed by atoms with Gasteiger partial charge >= 0.3 is 0 Å². The summed E-state index contributed by atoms with van der Waals surface area (Å²) in [5.74, 6) is 0.885. The van der Waals surface area contributed by atoms with Crippen LogP contribution in [-0.4, -0.2) is 15.7 Å². The first-order chi connectivity index (χ1) is 9.63. The molecule has 20 heavy (non-hydrogen) atoms. The van der Waals surface area contributed by atoms with Gasteiger partial charge in [0.1, 0.15) is 12.1 Å². The number of rotatable bonds is 3. The van der Waals surface area contributed by atoms with Gasteiger partial charge in [-0.1, -0.05) is 15.9 Å². The summed E-state index contributed by atoms with van der Waals surface area (Å²) in [4.78, 5) is 4.43. The minimum absolute atomic E-state index is 0.187. The Hall–Kier alpha value is -1.81. The highest BCUT2D eigenvalue weighted by atomic mass is 79.9. The molecule has 0 radical (unpaired) electrons. The molecule has 0 bridgehead atoms. The molecule has 3 rings (SSSR count). The van der Waals surface area contributed by atoms with Gasteiger partial charge in [0.2, 0.25) is 0 Å². The van der Waals surface area contributed by atoms with Crippen LogP contribution in [-0.2, 0) is 0 Å². The molecular weight excluding hydrogens is 316 g/mol. The maximum absolute atomic E-state index is 5.66. The van der Waals surface area contributed by atoms with Crippen LogP contribution in [0.5, 0.6) is 5.75 Å². The fraction of sp³-hybridized carbons (Fsp3) is 0.188. The normalized spacial score (nSPS) is 11.2. The molecule has 102 valence electrons. The molecule has 0 aliphatic rings. The standard InChI is InChI=1S/C16H15BrN2O/c1-11(2)20-14-6-4-13(5-7-14)19-10-18-15-9-12(17)3-8-16(15)19/h3-11H,1-2H3. The van der Waals surface area contributed by atoms with E-state index in [4.69, 9.17) is 4.74 Å². The van der Waals surface area contributed by atoms with E-state index in [1.807, 2.05) is 56.6 Å². The maximum atomic E-state index is 5.66. The van der Waals surface area contributed by atoms with Crippen LogP contribution >= 0.6 is 15.9 Å². The topological polar surface area (TPSA) is 27.1 Å². The fourth-order valence-electron chi connectivity index (χ4n) is 2.15. The second-order valence-corrected chi connectivity index (χ2v) is 5.82. The third kappa shape index (κ3) is 2.56. The van der Waals surface area contributed by atoms with Crippen LogP contribution in [0.1, 0.15) is 13.8 Å². The Morgan fingerprint density at radius 1 is 1.10 bits per heavy atom. The van der Waals surface area contributed by atoms with E-state index >= 15 is 0 Å². The zero-order valence-electron chi connectivity index (χ0n) is 11.4. The smallest absolute Gasteiger partial charge is 0.119 e. The molecule has 0 saturated carbocycles. The minimum Gasteiger partial charge on any atom is -0.491 e. The third-order valence-electron chi connectivity index (χ3n) is 3.00.